The van der Waals surface area contributed by atoms with Gasteiger partial charge in [0.15, 0.2) is 0 Å². The first-order valence-corrected chi connectivity index (χ1v) is 11.1. The van der Waals surface area contributed by atoms with E-state index in [0.717, 1.165) is 30.8 Å². The third kappa shape index (κ3) is 5.68. The average molecular weight is 423 g/mol. The highest BCUT2D eigenvalue weighted by Crippen LogP contribution is 2.25. The lowest BCUT2D eigenvalue weighted by atomic mass is 10.1. The molecule has 1 heterocycles. The van der Waals surface area contributed by atoms with E-state index in [1.54, 1.807) is 37.4 Å². The number of anilines is 1. The molecule has 158 valence electrons. The standard InChI is InChI=1S/C21H27FN2O4S/c1-16-13-20(7-8-21(16)28-12-11-27-2)29(25,26)23-14-17-9-10-24(15-17)19-5-3-18(22)4-6-19/h3-8,13,17,23H,9-12,14-15H2,1-2H3. The molecule has 1 saturated heterocycles. The fraction of sp³-hybridized carbons (Fsp3) is 0.429. The number of nitrogens with zero attached hydrogens (tertiary/aromatic N) is 1. The lowest BCUT2D eigenvalue weighted by molar-refractivity contribution is 0.146. The van der Waals surface area contributed by atoms with Crippen molar-refractivity contribution in [1.82, 2.24) is 4.72 Å². The van der Waals surface area contributed by atoms with E-state index in [-0.39, 0.29) is 16.6 Å². The van der Waals surface area contributed by atoms with Crippen LogP contribution in [0.3, 0.4) is 0 Å². The van der Waals surface area contributed by atoms with Gasteiger partial charge in [-0.15, -0.1) is 0 Å². The van der Waals surface area contributed by atoms with Gasteiger partial charge in [0.1, 0.15) is 18.2 Å². The zero-order chi connectivity index (χ0) is 20.9. The molecule has 29 heavy (non-hydrogen) atoms. The molecule has 0 bridgehead atoms. The maximum absolute atomic E-state index is 13.1. The summed E-state index contributed by atoms with van der Waals surface area (Å²) in [5.41, 5.74) is 1.71. The molecule has 8 heteroatoms. The number of sulfonamides is 1. The van der Waals surface area contributed by atoms with Crippen LogP contribution in [-0.2, 0) is 14.8 Å². The number of hydrogen-bond acceptors (Lipinski definition) is 5. The van der Waals surface area contributed by atoms with E-state index < -0.39 is 10.0 Å². The normalized spacial score (nSPS) is 16.9. The number of ether oxygens (including phenoxy) is 2. The van der Waals surface area contributed by atoms with Gasteiger partial charge in [0.2, 0.25) is 10.0 Å². The van der Waals surface area contributed by atoms with E-state index >= 15 is 0 Å². The Labute approximate surface area is 171 Å². The summed E-state index contributed by atoms with van der Waals surface area (Å²) in [6.07, 6.45) is 0.880. The first kappa shape index (κ1) is 21.5. The molecule has 1 atom stereocenters. The fourth-order valence-electron chi connectivity index (χ4n) is 3.38. The number of methoxy groups -OCH3 is 1. The third-order valence-electron chi connectivity index (χ3n) is 5.04. The minimum atomic E-state index is -3.60. The summed E-state index contributed by atoms with van der Waals surface area (Å²) in [5.74, 6) is 0.585. The van der Waals surface area contributed by atoms with Crippen LogP contribution in [0.5, 0.6) is 5.75 Å². The molecule has 0 aliphatic carbocycles. The Hall–Kier alpha value is -2.16. The van der Waals surface area contributed by atoms with E-state index in [1.165, 1.54) is 12.1 Å². The summed E-state index contributed by atoms with van der Waals surface area (Å²) in [7, 11) is -2.00. The van der Waals surface area contributed by atoms with Crippen molar-refractivity contribution in [2.45, 2.75) is 18.2 Å². The van der Waals surface area contributed by atoms with Crippen molar-refractivity contribution in [3.05, 3.63) is 53.8 Å². The number of nitrogens with one attached hydrogen (secondary N) is 1. The Bertz CT molecular complexity index is 919. The topological polar surface area (TPSA) is 67.9 Å². The van der Waals surface area contributed by atoms with Crippen molar-refractivity contribution in [3.8, 4) is 5.75 Å². The predicted molar refractivity (Wildman–Crippen MR) is 110 cm³/mol. The molecule has 0 radical (unpaired) electrons. The van der Waals surface area contributed by atoms with Gasteiger partial charge >= 0.3 is 0 Å². The number of hydrogen-bond donors (Lipinski definition) is 1. The van der Waals surface area contributed by atoms with E-state index in [2.05, 4.69) is 9.62 Å². The van der Waals surface area contributed by atoms with E-state index in [9.17, 15) is 12.8 Å². The van der Waals surface area contributed by atoms with Gasteiger partial charge in [-0.05, 0) is 67.3 Å². The summed E-state index contributed by atoms with van der Waals surface area (Å²) < 4.78 is 51.7. The van der Waals surface area contributed by atoms with Crippen molar-refractivity contribution >= 4 is 15.7 Å². The molecule has 3 rings (SSSR count). The Morgan fingerprint density at radius 3 is 2.62 bits per heavy atom. The van der Waals surface area contributed by atoms with Gasteiger partial charge in [0, 0.05) is 32.4 Å². The molecular formula is C21H27FN2O4S. The monoisotopic (exact) mass is 422 g/mol. The molecule has 0 spiro atoms. The summed E-state index contributed by atoms with van der Waals surface area (Å²) in [4.78, 5) is 2.37. The summed E-state index contributed by atoms with van der Waals surface area (Å²) in [6, 6.07) is 11.2. The predicted octanol–water partition coefficient (Wildman–Crippen LogP) is 2.96. The molecule has 1 N–H and O–H groups in total. The number of aryl methyl sites for hydroxylation is 1. The Balaban J connectivity index is 1.56. The smallest absolute Gasteiger partial charge is 0.240 e. The molecule has 1 fully saturated rings. The van der Waals surface area contributed by atoms with Crippen LogP contribution in [0.15, 0.2) is 47.4 Å². The highest BCUT2D eigenvalue weighted by atomic mass is 32.2. The van der Waals surface area contributed by atoms with E-state index in [4.69, 9.17) is 9.47 Å². The largest absolute Gasteiger partial charge is 0.491 e. The van der Waals surface area contributed by atoms with Gasteiger partial charge in [0.05, 0.1) is 11.5 Å². The van der Waals surface area contributed by atoms with Gasteiger partial charge in [-0.2, -0.15) is 0 Å². The van der Waals surface area contributed by atoms with Crippen LogP contribution in [0.25, 0.3) is 0 Å². The lowest BCUT2D eigenvalue weighted by Gasteiger charge is -2.19. The molecule has 2 aromatic rings. The second kappa shape index (κ2) is 9.56. The lowest BCUT2D eigenvalue weighted by Crippen LogP contribution is -2.31. The van der Waals surface area contributed by atoms with Crippen molar-refractivity contribution in [2.75, 3.05) is 44.9 Å². The summed E-state index contributed by atoms with van der Waals surface area (Å²) in [6.45, 7) is 4.62. The van der Waals surface area contributed by atoms with Gasteiger partial charge in [-0.25, -0.2) is 17.5 Å². The Morgan fingerprint density at radius 2 is 1.93 bits per heavy atom. The molecule has 0 saturated carbocycles. The maximum Gasteiger partial charge on any atom is 0.240 e. The minimum Gasteiger partial charge on any atom is -0.491 e. The van der Waals surface area contributed by atoms with Crippen LogP contribution in [0.4, 0.5) is 10.1 Å². The van der Waals surface area contributed by atoms with Crippen molar-refractivity contribution < 1.29 is 22.3 Å². The van der Waals surface area contributed by atoms with Gasteiger partial charge < -0.3 is 14.4 Å². The van der Waals surface area contributed by atoms with E-state index in [1.807, 2.05) is 6.92 Å². The minimum absolute atomic E-state index is 0.201. The highest BCUT2D eigenvalue weighted by Gasteiger charge is 2.25. The zero-order valence-electron chi connectivity index (χ0n) is 16.7. The molecule has 0 amide bonds. The fourth-order valence-corrected chi connectivity index (χ4v) is 4.58. The first-order chi connectivity index (χ1) is 13.9. The third-order valence-corrected chi connectivity index (χ3v) is 6.46. The second-order valence-corrected chi connectivity index (χ2v) is 8.96. The zero-order valence-corrected chi connectivity index (χ0v) is 17.5. The molecule has 1 aliphatic heterocycles. The summed E-state index contributed by atoms with van der Waals surface area (Å²) >= 11 is 0. The molecule has 1 aliphatic rings. The maximum atomic E-state index is 13.1. The molecule has 1 unspecified atom stereocenters. The number of halogens is 1. The van der Waals surface area contributed by atoms with Crippen LogP contribution in [-0.4, -0.2) is 48.4 Å². The van der Waals surface area contributed by atoms with Crippen LogP contribution in [0.1, 0.15) is 12.0 Å². The highest BCUT2D eigenvalue weighted by molar-refractivity contribution is 7.89. The second-order valence-electron chi connectivity index (χ2n) is 7.20. The average Bonchev–Trinajstić information content (AvgIpc) is 3.17. The Morgan fingerprint density at radius 1 is 1.17 bits per heavy atom. The quantitative estimate of drug-likeness (QED) is 0.630. The Kier molecular flexibility index (Phi) is 7.10. The first-order valence-electron chi connectivity index (χ1n) is 9.61. The number of rotatable bonds is 9. The van der Waals surface area contributed by atoms with Crippen LogP contribution in [0.2, 0.25) is 0 Å². The molecule has 0 aromatic heterocycles. The van der Waals surface area contributed by atoms with Crippen LogP contribution in [0, 0.1) is 18.7 Å². The van der Waals surface area contributed by atoms with Gasteiger partial charge in [-0.1, -0.05) is 0 Å². The molecular weight excluding hydrogens is 395 g/mol. The van der Waals surface area contributed by atoms with Gasteiger partial charge in [-0.3, -0.25) is 0 Å². The molecule has 6 nitrogen and oxygen atoms in total. The van der Waals surface area contributed by atoms with Gasteiger partial charge in [0.25, 0.3) is 0 Å². The van der Waals surface area contributed by atoms with E-state index in [0.29, 0.717) is 25.5 Å². The van der Waals surface area contributed by atoms with Crippen LogP contribution < -0.4 is 14.4 Å². The number of benzene rings is 2. The van der Waals surface area contributed by atoms with Crippen LogP contribution >= 0.6 is 0 Å². The van der Waals surface area contributed by atoms with Crippen molar-refractivity contribution in [2.24, 2.45) is 5.92 Å². The van der Waals surface area contributed by atoms with Crippen molar-refractivity contribution in [3.63, 3.8) is 0 Å². The molecule has 2 aromatic carbocycles. The SMILES string of the molecule is COCCOc1ccc(S(=O)(=O)NCC2CCN(c3ccc(F)cc3)C2)cc1C. The van der Waals surface area contributed by atoms with Crippen molar-refractivity contribution in [1.29, 1.82) is 0 Å². The summed E-state index contributed by atoms with van der Waals surface area (Å²) in [5, 5.41) is 0.